The van der Waals surface area contributed by atoms with Crippen LogP contribution in [0.4, 0.5) is 18.9 Å². The minimum atomic E-state index is -4.42. The first-order chi connectivity index (χ1) is 15.3. The van der Waals surface area contributed by atoms with Gasteiger partial charge < -0.3 is 24.6 Å². The number of alkyl halides is 3. The zero-order chi connectivity index (χ0) is 22.9. The van der Waals surface area contributed by atoms with Crippen molar-refractivity contribution in [3.8, 4) is 5.69 Å². The smallest absolute Gasteiger partial charge is 0.416 e. The van der Waals surface area contributed by atoms with Crippen LogP contribution in [0.2, 0.25) is 0 Å². The number of methoxy groups -OCH3 is 1. The molecular formula is C23H24F3N3O3. The van der Waals surface area contributed by atoms with Gasteiger partial charge in [0.15, 0.2) is 0 Å². The number of aromatic nitrogens is 1. The molecule has 0 amide bonds. The number of carbonyl (C=O) groups is 1. The lowest BCUT2D eigenvalue weighted by Crippen LogP contribution is -2.50. The molecule has 1 aliphatic rings. The van der Waals surface area contributed by atoms with Crippen molar-refractivity contribution in [3.05, 3.63) is 59.8 Å². The Labute approximate surface area is 183 Å². The van der Waals surface area contributed by atoms with Gasteiger partial charge in [-0.25, -0.2) is 0 Å². The zero-order valence-corrected chi connectivity index (χ0v) is 17.5. The Bertz CT molecular complexity index is 1120. The predicted octanol–water partition coefficient (Wildman–Crippen LogP) is 3.91. The number of fused-ring (bicyclic) bond motifs is 1. The summed E-state index contributed by atoms with van der Waals surface area (Å²) in [4.78, 5) is 13.1. The summed E-state index contributed by atoms with van der Waals surface area (Å²) in [6.45, 7) is 2.36. The maximum Gasteiger partial charge on any atom is 0.416 e. The van der Waals surface area contributed by atoms with Crippen molar-refractivity contribution in [1.29, 1.82) is 0 Å². The van der Waals surface area contributed by atoms with E-state index in [1.54, 1.807) is 7.11 Å². The van der Waals surface area contributed by atoms with E-state index in [0.717, 1.165) is 23.0 Å². The third-order valence-electron chi connectivity index (χ3n) is 5.72. The fourth-order valence-corrected chi connectivity index (χ4v) is 3.91. The van der Waals surface area contributed by atoms with E-state index in [0.29, 0.717) is 43.7 Å². The number of hydrogen-bond acceptors (Lipinski definition) is 4. The average Bonchev–Trinajstić information content (AvgIpc) is 3.07. The van der Waals surface area contributed by atoms with Gasteiger partial charge in [-0.05, 0) is 42.0 Å². The Morgan fingerprint density at radius 1 is 1.19 bits per heavy atom. The molecule has 32 heavy (non-hydrogen) atoms. The second-order valence-corrected chi connectivity index (χ2v) is 7.88. The molecule has 1 saturated heterocycles. The summed E-state index contributed by atoms with van der Waals surface area (Å²) in [5, 5.41) is 12.8. The van der Waals surface area contributed by atoms with E-state index in [9.17, 15) is 18.0 Å². The first kappa shape index (κ1) is 22.2. The van der Waals surface area contributed by atoms with Gasteiger partial charge in [-0.2, -0.15) is 13.2 Å². The molecule has 0 unspecified atom stereocenters. The summed E-state index contributed by atoms with van der Waals surface area (Å²) in [6, 6.07) is 11.4. The van der Waals surface area contributed by atoms with Gasteiger partial charge >= 0.3 is 12.1 Å². The molecule has 3 aromatic rings. The molecule has 4 rings (SSSR count). The zero-order valence-electron chi connectivity index (χ0n) is 17.5. The SMILES string of the molecule is COCCNCc1cn(-c2cccc(N3CC(C(=O)O)C3)c2)c2ccc(C(F)(F)F)cc12. The van der Waals surface area contributed by atoms with Crippen LogP contribution in [-0.4, -0.2) is 49.0 Å². The number of aliphatic carboxylic acids is 1. The first-order valence-corrected chi connectivity index (χ1v) is 10.3. The van der Waals surface area contributed by atoms with Crippen LogP contribution >= 0.6 is 0 Å². The lowest BCUT2D eigenvalue weighted by molar-refractivity contribution is -0.142. The maximum absolute atomic E-state index is 13.3. The fourth-order valence-electron chi connectivity index (χ4n) is 3.91. The molecule has 0 bridgehead atoms. The number of nitrogens with zero attached hydrogens (tertiary/aromatic N) is 2. The average molecular weight is 447 g/mol. The summed E-state index contributed by atoms with van der Waals surface area (Å²) in [5.74, 6) is -1.18. The molecule has 170 valence electrons. The highest BCUT2D eigenvalue weighted by atomic mass is 19.4. The van der Waals surface area contributed by atoms with Crippen LogP contribution in [-0.2, 0) is 22.3 Å². The summed E-state index contributed by atoms with van der Waals surface area (Å²) in [7, 11) is 1.59. The van der Waals surface area contributed by atoms with Gasteiger partial charge in [0, 0.05) is 56.2 Å². The van der Waals surface area contributed by atoms with Crippen LogP contribution in [0, 0.1) is 5.92 Å². The second kappa shape index (κ2) is 8.84. The highest BCUT2D eigenvalue weighted by Gasteiger charge is 2.33. The van der Waals surface area contributed by atoms with Crippen molar-refractivity contribution in [3.63, 3.8) is 0 Å². The van der Waals surface area contributed by atoms with Crippen molar-refractivity contribution in [1.82, 2.24) is 9.88 Å². The Morgan fingerprint density at radius 2 is 1.94 bits per heavy atom. The summed E-state index contributed by atoms with van der Waals surface area (Å²) >= 11 is 0. The molecule has 9 heteroatoms. The molecule has 1 aliphatic heterocycles. The minimum Gasteiger partial charge on any atom is -0.481 e. The van der Waals surface area contributed by atoms with Crippen LogP contribution in [0.25, 0.3) is 16.6 Å². The standard InChI is InChI=1S/C23H24F3N3O3/c1-32-8-7-27-11-15-14-29(21-6-5-17(9-20(15)21)23(24,25)26)19-4-2-3-18(10-19)28-12-16(13-28)22(30)31/h2-6,9-10,14,16,27H,7-8,11-13H2,1H3,(H,30,31). The molecule has 2 aromatic carbocycles. The van der Waals surface area contributed by atoms with E-state index < -0.39 is 17.7 Å². The van der Waals surface area contributed by atoms with Crippen LogP contribution in [0.5, 0.6) is 0 Å². The normalized spacial score (nSPS) is 14.7. The Kier molecular flexibility index (Phi) is 6.12. The maximum atomic E-state index is 13.3. The number of ether oxygens (including phenoxy) is 1. The van der Waals surface area contributed by atoms with Crippen LogP contribution in [0.1, 0.15) is 11.1 Å². The largest absolute Gasteiger partial charge is 0.481 e. The minimum absolute atomic E-state index is 0.378. The molecule has 0 atom stereocenters. The molecule has 2 heterocycles. The van der Waals surface area contributed by atoms with Gasteiger partial charge in [-0.3, -0.25) is 4.79 Å². The van der Waals surface area contributed by atoms with Gasteiger partial charge in [0.25, 0.3) is 0 Å². The number of nitrogens with one attached hydrogen (secondary N) is 1. The van der Waals surface area contributed by atoms with E-state index in [1.165, 1.54) is 12.1 Å². The molecule has 0 aliphatic carbocycles. The molecule has 2 N–H and O–H groups in total. The van der Waals surface area contributed by atoms with Gasteiger partial charge in [0.1, 0.15) is 0 Å². The molecule has 1 fully saturated rings. The van der Waals surface area contributed by atoms with E-state index in [-0.39, 0.29) is 5.92 Å². The van der Waals surface area contributed by atoms with Crippen molar-refractivity contribution in [2.75, 3.05) is 38.3 Å². The Balaban J connectivity index is 1.69. The lowest BCUT2D eigenvalue weighted by atomic mass is 9.99. The number of carboxylic acid groups (broad SMARTS) is 1. The monoisotopic (exact) mass is 447 g/mol. The topological polar surface area (TPSA) is 66.7 Å². The molecule has 0 radical (unpaired) electrons. The van der Waals surface area contributed by atoms with Crippen LogP contribution in [0.3, 0.4) is 0 Å². The fraction of sp³-hybridized carbons (Fsp3) is 0.348. The third kappa shape index (κ3) is 4.44. The number of benzene rings is 2. The lowest BCUT2D eigenvalue weighted by Gasteiger charge is -2.38. The number of rotatable bonds is 8. The second-order valence-electron chi connectivity index (χ2n) is 7.88. The predicted molar refractivity (Wildman–Crippen MR) is 115 cm³/mol. The summed E-state index contributed by atoms with van der Waals surface area (Å²) in [5.41, 5.74) is 2.42. The molecular weight excluding hydrogens is 423 g/mol. The number of hydrogen-bond donors (Lipinski definition) is 2. The molecule has 1 aromatic heterocycles. The number of anilines is 1. The Hall–Kier alpha value is -3.04. The Morgan fingerprint density at radius 3 is 2.62 bits per heavy atom. The quantitative estimate of drug-likeness (QED) is 0.513. The van der Waals surface area contributed by atoms with Crippen LogP contribution < -0.4 is 10.2 Å². The van der Waals surface area contributed by atoms with Gasteiger partial charge in [0.05, 0.1) is 23.6 Å². The van der Waals surface area contributed by atoms with Crippen LogP contribution in [0.15, 0.2) is 48.7 Å². The number of halogens is 3. The van der Waals surface area contributed by atoms with Crippen molar-refractivity contribution >= 4 is 22.6 Å². The molecule has 0 saturated carbocycles. The van der Waals surface area contributed by atoms with Gasteiger partial charge in [-0.15, -0.1) is 0 Å². The van der Waals surface area contributed by atoms with Gasteiger partial charge in [0.2, 0.25) is 0 Å². The van der Waals surface area contributed by atoms with E-state index >= 15 is 0 Å². The third-order valence-corrected chi connectivity index (χ3v) is 5.72. The summed E-state index contributed by atoms with van der Waals surface area (Å²) in [6.07, 6.45) is -2.57. The first-order valence-electron chi connectivity index (χ1n) is 10.3. The number of carboxylic acids is 1. The molecule has 6 nitrogen and oxygen atoms in total. The van der Waals surface area contributed by atoms with E-state index in [4.69, 9.17) is 9.84 Å². The van der Waals surface area contributed by atoms with Gasteiger partial charge in [-0.1, -0.05) is 6.07 Å². The van der Waals surface area contributed by atoms with Crippen molar-refractivity contribution < 1.29 is 27.8 Å². The highest BCUT2D eigenvalue weighted by molar-refractivity contribution is 5.87. The molecule has 0 spiro atoms. The van der Waals surface area contributed by atoms with Crippen molar-refractivity contribution in [2.45, 2.75) is 12.7 Å². The van der Waals surface area contributed by atoms with Crippen molar-refractivity contribution in [2.24, 2.45) is 5.92 Å². The van der Waals surface area contributed by atoms with E-state index in [1.807, 2.05) is 39.9 Å². The summed E-state index contributed by atoms with van der Waals surface area (Å²) < 4.78 is 46.9. The van der Waals surface area contributed by atoms with E-state index in [2.05, 4.69) is 5.32 Å². The highest BCUT2D eigenvalue weighted by Crippen LogP contribution is 2.35.